The predicted octanol–water partition coefficient (Wildman–Crippen LogP) is 2.11. The quantitative estimate of drug-likeness (QED) is 0.795. The van der Waals surface area contributed by atoms with Crippen LogP contribution in [0.3, 0.4) is 0 Å². The van der Waals surface area contributed by atoms with Gasteiger partial charge < -0.3 is 10.5 Å². The predicted molar refractivity (Wildman–Crippen MR) is 62.8 cm³/mol. The molecule has 0 atom stereocenters. The molecule has 1 aliphatic rings. The highest BCUT2D eigenvalue weighted by atomic mass is 19.1. The van der Waals surface area contributed by atoms with Crippen molar-refractivity contribution in [3.8, 4) is 5.75 Å². The largest absolute Gasteiger partial charge is 0.493 e. The molecule has 1 aliphatic carbocycles. The smallest absolute Gasteiger partial charge is 0.241 e. The molecule has 1 aromatic carbocycles. The summed E-state index contributed by atoms with van der Waals surface area (Å²) in [6.45, 7) is 0.642. The first kappa shape index (κ1) is 11.6. The molecule has 1 saturated carbocycles. The van der Waals surface area contributed by atoms with Crippen LogP contribution in [0.15, 0.2) is 24.3 Å². The minimum atomic E-state index is -0.567. The molecule has 2 N–H and O–H groups in total. The molecular weight excluding hydrogens is 221 g/mol. The Kier molecular flexibility index (Phi) is 3.42. The van der Waals surface area contributed by atoms with Crippen molar-refractivity contribution in [3.05, 3.63) is 35.7 Å². The first-order valence-electron chi connectivity index (χ1n) is 5.55. The van der Waals surface area contributed by atoms with E-state index in [1.165, 1.54) is 37.1 Å². The molecule has 4 heteroatoms. The van der Waals surface area contributed by atoms with Gasteiger partial charge in [0.25, 0.3) is 0 Å². The average Bonchev–Trinajstić information content (AvgIpc) is 3.09. The molecule has 1 fully saturated rings. The number of ether oxygens (including phenoxy) is 1. The summed E-state index contributed by atoms with van der Waals surface area (Å²) in [5.74, 6) is 0.263. The van der Waals surface area contributed by atoms with Crippen LogP contribution >= 0.6 is 0 Å². The van der Waals surface area contributed by atoms with Gasteiger partial charge in [0.05, 0.1) is 6.61 Å². The van der Waals surface area contributed by atoms with E-state index < -0.39 is 5.91 Å². The van der Waals surface area contributed by atoms with E-state index in [1.807, 2.05) is 0 Å². The summed E-state index contributed by atoms with van der Waals surface area (Å²) in [6, 6.07) is 4.23. The van der Waals surface area contributed by atoms with Crippen LogP contribution in [-0.2, 0) is 4.79 Å². The molecular formula is C13H14FNO2. The van der Waals surface area contributed by atoms with Crippen LogP contribution in [0.4, 0.5) is 4.39 Å². The van der Waals surface area contributed by atoms with Gasteiger partial charge in [-0.2, -0.15) is 0 Å². The monoisotopic (exact) mass is 235 g/mol. The zero-order valence-electron chi connectivity index (χ0n) is 9.36. The maximum atomic E-state index is 13.1. The van der Waals surface area contributed by atoms with Gasteiger partial charge in [0, 0.05) is 11.6 Å². The lowest BCUT2D eigenvalue weighted by atomic mass is 10.2. The SMILES string of the molecule is NC(=O)C=Cc1cc(F)ccc1OCC1CC1. The fourth-order valence-corrected chi connectivity index (χ4v) is 1.45. The summed E-state index contributed by atoms with van der Waals surface area (Å²) in [6.07, 6.45) is 5.04. The van der Waals surface area contributed by atoms with Gasteiger partial charge in [-0.15, -0.1) is 0 Å². The zero-order valence-corrected chi connectivity index (χ0v) is 9.36. The Hall–Kier alpha value is -1.84. The van der Waals surface area contributed by atoms with Crippen molar-refractivity contribution in [2.75, 3.05) is 6.61 Å². The van der Waals surface area contributed by atoms with E-state index in [2.05, 4.69) is 0 Å². The molecule has 0 radical (unpaired) electrons. The van der Waals surface area contributed by atoms with Crippen molar-refractivity contribution in [2.45, 2.75) is 12.8 Å². The molecule has 0 saturated heterocycles. The van der Waals surface area contributed by atoms with Gasteiger partial charge in [-0.05, 0) is 43.0 Å². The van der Waals surface area contributed by atoms with Gasteiger partial charge in [0.2, 0.25) is 5.91 Å². The number of benzene rings is 1. The van der Waals surface area contributed by atoms with E-state index in [-0.39, 0.29) is 5.82 Å². The lowest BCUT2D eigenvalue weighted by molar-refractivity contribution is -0.113. The molecule has 90 valence electrons. The number of primary amides is 1. The van der Waals surface area contributed by atoms with E-state index in [4.69, 9.17) is 10.5 Å². The molecule has 0 unspecified atom stereocenters. The molecule has 1 amide bonds. The van der Waals surface area contributed by atoms with Crippen LogP contribution in [0.2, 0.25) is 0 Å². The highest BCUT2D eigenvalue weighted by Gasteiger charge is 2.22. The Balaban J connectivity index is 2.13. The van der Waals surface area contributed by atoms with Crippen molar-refractivity contribution < 1.29 is 13.9 Å². The summed E-state index contributed by atoms with van der Waals surface area (Å²) < 4.78 is 18.7. The third-order valence-electron chi connectivity index (χ3n) is 2.57. The second-order valence-corrected chi connectivity index (χ2v) is 4.17. The molecule has 3 nitrogen and oxygen atoms in total. The molecule has 2 rings (SSSR count). The van der Waals surface area contributed by atoms with Gasteiger partial charge in [0.15, 0.2) is 0 Å². The summed E-state index contributed by atoms with van der Waals surface area (Å²) in [5.41, 5.74) is 5.53. The zero-order chi connectivity index (χ0) is 12.3. The Bertz CT molecular complexity index is 453. The third kappa shape index (κ3) is 3.59. The maximum absolute atomic E-state index is 13.1. The molecule has 0 aliphatic heterocycles. The third-order valence-corrected chi connectivity index (χ3v) is 2.57. The number of halogens is 1. The average molecular weight is 235 g/mol. The second-order valence-electron chi connectivity index (χ2n) is 4.17. The Morgan fingerprint density at radius 3 is 2.94 bits per heavy atom. The molecule has 0 aromatic heterocycles. The van der Waals surface area contributed by atoms with E-state index in [0.717, 1.165) is 0 Å². The molecule has 0 heterocycles. The van der Waals surface area contributed by atoms with E-state index in [1.54, 1.807) is 6.07 Å². The lowest BCUT2D eigenvalue weighted by Gasteiger charge is -2.08. The van der Waals surface area contributed by atoms with Gasteiger partial charge in [-0.25, -0.2) is 4.39 Å². The number of hydrogen-bond acceptors (Lipinski definition) is 2. The van der Waals surface area contributed by atoms with Crippen LogP contribution in [0.25, 0.3) is 6.08 Å². The van der Waals surface area contributed by atoms with Gasteiger partial charge in [-0.1, -0.05) is 0 Å². The molecule has 17 heavy (non-hydrogen) atoms. The topological polar surface area (TPSA) is 52.3 Å². The van der Waals surface area contributed by atoms with Crippen LogP contribution in [0.1, 0.15) is 18.4 Å². The summed E-state index contributed by atoms with van der Waals surface area (Å²) in [7, 11) is 0. The number of nitrogens with two attached hydrogens (primary N) is 1. The van der Waals surface area contributed by atoms with Crippen molar-refractivity contribution in [2.24, 2.45) is 11.7 Å². The fraction of sp³-hybridized carbons (Fsp3) is 0.308. The highest BCUT2D eigenvalue weighted by Crippen LogP contribution is 2.30. The molecule has 0 spiro atoms. The first-order valence-corrected chi connectivity index (χ1v) is 5.55. The minimum Gasteiger partial charge on any atom is -0.493 e. The maximum Gasteiger partial charge on any atom is 0.241 e. The number of carbonyl (C=O) groups excluding carboxylic acids is 1. The molecule has 1 aromatic rings. The van der Waals surface area contributed by atoms with Gasteiger partial charge in [0.1, 0.15) is 11.6 Å². The van der Waals surface area contributed by atoms with Gasteiger partial charge >= 0.3 is 0 Å². The summed E-state index contributed by atoms with van der Waals surface area (Å²) >= 11 is 0. The summed E-state index contributed by atoms with van der Waals surface area (Å²) in [5, 5.41) is 0. The second kappa shape index (κ2) is 4.99. The number of carbonyl (C=O) groups is 1. The standard InChI is InChI=1S/C13H14FNO2/c14-11-4-5-12(17-8-9-1-2-9)10(7-11)3-6-13(15)16/h3-7,9H,1-2,8H2,(H2,15,16). The number of hydrogen-bond donors (Lipinski definition) is 1. The Morgan fingerprint density at radius 1 is 1.53 bits per heavy atom. The van der Waals surface area contributed by atoms with Crippen molar-refractivity contribution >= 4 is 12.0 Å². The Morgan fingerprint density at radius 2 is 2.29 bits per heavy atom. The van der Waals surface area contributed by atoms with Gasteiger partial charge in [-0.3, -0.25) is 4.79 Å². The number of rotatable bonds is 5. The van der Waals surface area contributed by atoms with Crippen molar-refractivity contribution in [1.29, 1.82) is 0 Å². The lowest BCUT2D eigenvalue weighted by Crippen LogP contribution is -2.05. The van der Waals surface area contributed by atoms with E-state index in [9.17, 15) is 9.18 Å². The van der Waals surface area contributed by atoms with Crippen molar-refractivity contribution in [3.63, 3.8) is 0 Å². The van der Waals surface area contributed by atoms with E-state index in [0.29, 0.717) is 23.8 Å². The first-order chi connectivity index (χ1) is 8.15. The van der Waals surface area contributed by atoms with Crippen LogP contribution in [0, 0.1) is 11.7 Å². The normalized spacial score (nSPS) is 15.1. The Labute approximate surface area is 99.1 Å². The minimum absolute atomic E-state index is 0.368. The summed E-state index contributed by atoms with van der Waals surface area (Å²) in [4.78, 5) is 10.6. The molecule has 0 bridgehead atoms. The fourth-order valence-electron chi connectivity index (χ4n) is 1.45. The number of amides is 1. The van der Waals surface area contributed by atoms with Crippen LogP contribution < -0.4 is 10.5 Å². The van der Waals surface area contributed by atoms with Crippen LogP contribution in [0.5, 0.6) is 5.75 Å². The van der Waals surface area contributed by atoms with Crippen LogP contribution in [-0.4, -0.2) is 12.5 Å². The van der Waals surface area contributed by atoms with E-state index >= 15 is 0 Å². The van der Waals surface area contributed by atoms with Crippen molar-refractivity contribution in [1.82, 2.24) is 0 Å². The highest BCUT2D eigenvalue weighted by molar-refractivity contribution is 5.90.